The molecule has 3 rings (SSSR count). The molecule has 3 aromatic rings. The Balaban J connectivity index is 2.11. The first-order chi connectivity index (χ1) is 20.0. The molecule has 11 heteroatoms. The number of halogens is 1. The molecule has 0 spiro atoms. The second kappa shape index (κ2) is 14.7. The first-order valence-corrected chi connectivity index (χ1v) is 15.4. The minimum atomic E-state index is -4.01. The van der Waals surface area contributed by atoms with E-state index in [-0.39, 0.29) is 36.4 Å². The van der Waals surface area contributed by atoms with Crippen molar-refractivity contribution in [1.82, 2.24) is 10.2 Å². The summed E-state index contributed by atoms with van der Waals surface area (Å²) in [6.07, 6.45) is 1.84. The summed E-state index contributed by atoms with van der Waals surface area (Å²) in [5.74, 6) is -0.872. The van der Waals surface area contributed by atoms with E-state index >= 15 is 0 Å². The number of nitrogens with zero attached hydrogens (tertiary/aromatic N) is 2. The topological polar surface area (TPSA) is 105 Å². The smallest absolute Gasteiger partial charge is 0.244 e. The standard InChI is InChI=1S/C31H38FN3O6S/c1-6-22(2)33-31(37)28(18-23-10-8-7-9-11-23)34(20-24-12-14-25(32)15-13-24)30(36)21-35(42(5,38)39)27-19-26(40-3)16-17-29(27)41-4/h7-17,19,22,28H,6,18,20-21H2,1-5H3,(H,33,37). The Labute approximate surface area is 247 Å². The summed E-state index contributed by atoms with van der Waals surface area (Å²) in [6, 6.07) is 18.3. The van der Waals surface area contributed by atoms with Crippen LogP contribution in [0.3, 0.4) is 0 Å². The summed E-state index contributed by atoms with van der Waals surface area (Å²) in [5, 5.41) is 2.97. The van der Waals surface area contributed by atoms with Crippen LogP contribution in [-0.2, 0) is 32.6 Å². The van der Waals surface area contributed by atoms with Crippen molar-refractivity contribution in [3.8, 4) is 11.5 Å². The average molecular weight is 600 g/mol. The fraction of sp³-hybridized carbons (Fsp3) is 0.355. The molecule has 0 aliphatic rings. The second-order valence-electron chi connectivity index (χ2n) is 9.98. The number of anilines is 1. The molecular weight excluding hydrogens is 561 g/mol. The molecule has 2 atom stereocenters. The van der Waals surface area contributed by atoms with Gasteiger partial charge >= 0.3 is 0 Å². The Bertz CT molecular complexity index is 1450. The van der Waals surface area contributed by atoms with Gasteiger partial charge in [-0.15, -0.1) is 0 Å². The van der Waals surface area contributed by atoms with Crippen LogP contribution in [0.5, 0.6) is 11.5 Å². The van der Waals surface area contributed by atoms with Gasteiger partial charge < -0.3 is 19.7 Å². The lowest BCUT2D eigenvalue weighted by Gasteiger charge is -2.34. The number of sulfonamides is 1. The molecule has 0 saturated heterocycles. The molecule has 0 bridgehead atoms. The van der Waals surface area contributed by atoms with Crippen molar-refractivity contribution in [3.05, 3.63) is 89.7 Å². The van der Waals surface area contributed by atoms with Gasteiger partial charge in [0.25, 0.3) is 0 Å². The highest BCUT2D eigenvalue weighted by molar-refractivity contribution is 7.92. The lowest BCUT2D eigenvalue weighted by molar-refractivity contribution is -0.140. The van der Waals surface area contributed by atoms with Crippen molar-refractivity contribution in [2.45, 2.75) is 45.3 Å². The van der Waals surface area contributed by atoms with Crippen molar-refractivity contribution in [2.24, 2.45) is 0 Å². The van der Waals surface area contributed by atoms with E-state index in [9.17, 15) is 22.4 Å². The maximum absolute atomic E-state index is 14.2. The van der Waals surface area contributed by atoms with Crippen LogP contribution < -0.4 is 19.1 Å². The molecule has 42 heavy (non-hydrogen) atoms. The van der Waals surface area contributed by atoms with Gasteiger partial charge in [0.2, 0.25) is 21.8 Å². The van der Waals surface area contributed by atoms with Crippen LogP contribution in [0.1, 0.15) is 31.4 Å². The number of ether oxygens (including phenoxy) is 2. The van der Waals surface area contributed by atoms with E-state index in [4.69, 9.17) is 9.47 Å². The molecule has 0 radical (unpaired) electrons. The van der Waals surface area contributed by atoms with E-state index in [0.29, 0.717) is 17.7 Å². The number of methoxy groups -OCH3 is 2. The van der Waals surface area contributed by atoms with E-state index in [1.807, 2.05) is 44.2 Å². The Hall–Kier alpha value is -4.12. The summed E-state index contributed by atoms with van der Waals surface area (Å²) in [6.45, 7) is 3.12. The van der Waals surface area contributed by atoms with Crippen molar-refractivity contribution in [2.75, 3.05) is 31.3 Å². The molecule has 0 aromatic heterocycles. The van der Waals surface area contributed by atoms with Gasteiger partial charge in [-0.1, -0.05) is 49.4 Å². The SMILES string of the molecule is CCC(C)NC(=O)C(Cc1ccccc1)N(Cc1ccc(F)cc1)C(=O)CN(c1cc(OC)ccc1OC)S(C)(=O)=O. The molecule has 0 aliphatic carbocycles. The molecule has 0 aliphatic heterocycles. The van der Waals surface area contributed by atoms with Crippen molar-refractivity contribution < 1.29 is 31.9 Å². The molecule has 0 fully saturated rings. The fourth-order valence-corrected chi connectivity index (χ4v) is 5.21. The van der Waals surface area contributed by atoms with Gasteiger partial charge in [0, 0.05) is 25.1 Å². The van der Waals surface area contributed by atoms with E-state index in [2.05, 4.69) is 5.32 Å². The van der Waals surface area contributed by atoms with E-state index in [1.165, 1.54) is 49.5 Å². The lowest BCUT2D eigenvalue weighted by atomic mass is 10.0. The molecule has 226 valence electrons. The van der Waals surface area contributed by atoms with Gasteiger partial charge in [0.1, 0.15) is 29.9 Å². The molecule has 1 N–H and O–H groups in total. The van der Waals surface area contributed by atoms with Crippen LogP contribution in [0.2, 0.25) is 0 Å². The molecule has 0 heterocycles. The third-order valence-corrected chi connectivity index (χ3v) is 8.00. The van der Waals surface area contributed by atoms with Crippen LogP contribution in [0, 0.1) is 5.82 Å². The van der Waals surface area contributed by atoms with Gasteiger partial charge in [0.05, 0.1) is 26.2 Å². The zero-order valence-corrected chi connectivity index (χ0v) is 25.4. The van der Waals surface area contributed by atoms with Gasteiger partial charge in [-0.2, -0.15) is 0 Å². The lowest BCUT2D eigenvalue weighted by Crippen LogP contribution is -2.54. The highest BCUT2D eigenvalue weighted by Gasteiger charge is 2.34. The average Bonchev–Trinajstić information content (AvgIpc) is 2.97. The Kier molecular flexibility index (Phi) is 11.3. The number of carbonyl (C=O) groups excluding carboxylic acids is 2. The van der Waals surface area contributed by atoms with Crippen LogP contribution >= 0.6 is 0 Å². The van der Waals surface area contributed by atoms with Crippen LogP contribution in [0.4, 0.5) is 10.1 Å². The monoisotopic (exact) mass is 599 g/mol. The minimum absolute atomic E-state index is 0.0581. The molecular formula is C31H38FN3O6S. The maximum Gasteiger partial charge on any atom is 0.244 e. The summed E-state index contributed by atoms with van der Waals surface area (Å²) in [5.41, 5.74) is 1.50. The molecule has 2 amide bonds. The summed E-state index contributed by atoms with van der Waals surface area (Å²) < 4.78 is 51.5. The van der Waals surface area contributed by atoms with Gasteiger partial charge in [-0.05, 0) is 48.7 Å². The second-order valence-corrected chi connectivity index (χ2v) is 11.9. The van der Waals surface area contributed by atoms with Crippen LogP contribution in [0.25, 0.3) is 0 Å². The maximum atomic E-state index is 14.2. The number of nitrogens with one attached hydrogen (secondary N) is 1. The molecule has 2 unspecified atom stereocenters. The normalized spacial score (nSPS) is 12.6. The van der Waals surface area contributed by atoms with Gasteiger partial charge in [-0.3, -0.25) is 13.9 Å². The fourth-order valence-electron chi connectivity index (χ4n) is 4.37. The highest BCUT2D eigenvalue weighted by atomic mass is 32.2. The summed E-state index contributed by atoms with van der Waals surface area (Å²) >= 11 is 0. The van der Waals surface area contributed by atoms with Gasteiger partial charge in [0.15, 0.2) is 0 Å². The number of rotatable bonds is 14. The van der Waals surface area contributed by atoms with Crippen molar-refractivity contribution in [1.29, 1.82) is 0 Å². The first-order valence-electron chi connectivity index (χ1n) is 13.5. The minimum Gasteiger partial charge on any atom is -0.497 e. The number of hydrogen-bond donors (Lipinski definition) is 1. The highest BCUT2D eigenvalue weighted by Crippen LogP contribution is 2.34. The van der Waals surface area contributed by atoms with E-state index in [1.54, 1.807) is 12.1 Å². The third kappa shape index (κ3) is 8.69. The van der Waals surface area contributed by atoms with Crippen molar-refractivity contribution >= 4 is 27.5 Å². The number of hydrogen-bond acceptors (Lipinski definition) is 6. The van der Waals surface area contributed by atoms with Crippen LogP contribution in [-0.4, -0.2) is 64.2 Å². The number of benzene rings is 3. The van der Waals surface area contributed by atoms with E-state index in [0.717, 1.165) is 16.1 Å². The predicted octanol–water partition coefficient (Wildman–Crippen LogP) is 4.16. The van der Waals surface area contributed by atoms with E-state index < -0.39 is 34.3 Å². The number of carbonyl (C=O) groups is 2. The largest absolute Gasteiger partial charge is 0.497 e. The predicted molar refractivity (Wildman–Crippen MR) is 161 cm³/mol. The number of amides is 2. The van der Waals surface area contributed by atoms with Crippen LogP contribution in [0.15, 0.2) is 72.8 Å². The third-order valence-electron chi connectivity index (χ3n) is 6.87. The molecule has 0 saturated carbocycles. The Morgan fingerprint density at radius 1 is 0.952 bits per heavy atom. The zero-order valence-electron chi connectivity index (χ0n) is 24.5. The molecule has 3 aromatic carbocycles. The van der Waals surface area contributed by atoms with Gasteiger partial charge in [-0.25, -0.2) is 12.8 Å². The van der Waals surface area contributed by atoms with Crippen molar-refractivity contribution in [3.63, 3.8) is 0 Å². The summed E-state index contributed by atoms with van der Waals surface area (Å²) in [7, 11) is -1.18. The first kappa shape index (κ1) is 32.4. The zero-order chi connectivity index (χ0) is 30.9. The molecule has 9 nitrogen and oxygen atoms in total. The quantitative estimate of drug-likeness (QED) is 0.298. The Morgan fingerprint density at radius 3 is 2.19 bits per heavy atom. The summed E-state index contributed by atoms with van der Waals surface area (Å²) in [4.78, 5) is 29.2. The Morgan fingerprint density at radius 2 is 1.62 bits per heavy atom.